The number of rotatable bonds is 7. The van der Waals surface area contributed by atoms with E-state index >= 15 is 0 Å². The Morgan fingerprint density at radius 3 is 2.38 bits per heavy atom. The Labute approximate surface area is 207 Å². The quantitative estimate of drug-likeness (QED) is 0.349. The molecule has 0 saturated carbocycles. The molecule has 0 spiro atoms. The predicted octanol–water partition coefficient (Wildman–Crippen LogP) is 4.92. The van der Waals surface area contributed by atoms with E-state index in [1.165, 1.54) is 6.07 Å². The number of carbonyl (C=O) groups is 1. The fraction of sp³-hybridized carbons (Fsp3) is 0.120. The van der Waals surface area contributed by atoms with E-state index in [0.29, 0.717) is 17.8 Å². The lowest BCUT2D eigenvalue weighted by Crippen LogP contribution is -2.42. The highest BCUT2D eigenvalue weighted by Gasteiger charge is 2.25. The number of urea groups is 1. The molecule has 174 valence electrons. The molecular weight excluding hydrogens is 516 g/mol. The summed E-state index contributed by atoms with van der Waals surface area (Å²) in [5, 5.41) is 2.81. The maximum Gasteiger partial charge on any atom is 0.329 e. The zero-order chi connectivity index (χ0) is 24.1. The summed E-state index contributed by atoms with van der Waals surface area (Å²) in [4.78, 5) is 17.4. The molecule has 9 heteroatoms. The zero-order valence-corrected chi connectivity index (χ0v) is 20.8. The molecule has 34 heavy (non-hydrogen) atoms. The first kappa shape index (κ1) is 23.7. The van der Waals surface area contributed by atoms with Gasteiger partial charge in [0.05, 0.1) is 10.9 Å². The Bertz CT molecular complexity index is 1390. The summed E-state index contributed by atoms with van der Waals surface area (Å²) in [6, 6.07) is 22.4. The van der Waals surface area contributed by atoms with Gasteiger partial charge in [-0.3, -0.25) is 0 Å². The molecule has 0 aliphatic carbocycles. The number of sulfonamides is 1. The van der Waals surface area contributed by atoms with Gasteiger partial charge < -0.3 is 9.88 Å². The monoisotopic (exact) mass is 538 g/mol. The van der Waals surface area contributed by atoms with Gasteiger partial charge in [-0.25, -0.2) is 22.9 Å². The zero-order valence-electron chi connectivity index (χ0n) is 18.4. The highest BCUT2D eigenvalue weighted by Crippen LogP contribution is 2.22. The molecule has 3 aromatic carbocycles. The molecule has 0 radical (unpaired) electrons. The second-order valence-electron chi connectivity index (χ2n) is 7.72. The Morgan fingerprint density at radius 1 is 1.00 bits per heavy atom. The summed E-state index contributed by atoms with van der Waals surface area (Å²) < 4.78 is 30.6. The number of hydrogen-bond acceptors (Lipinski definition) is 4. The fourth-order valence-corrected chi connectivity index (χ4v) is 5.10. The Morgan fingerprint density at radius 2 is 1.68 bits per heavy atom. The van der Waals surface area contributed by atoms with Crippen LogP contribution in [0.2, 0.25) is 0 Å². The molecule has 7 nitrogen and oxygen atoms in total. The van der Waals surface area contributed by atoms with Crippen molar-refractivity contribution in [1.29, 1.82) is 0 Å². The molecule has 0 bridgehead atoms. The van der Waals surface area contributed by atoms with E-state index in [1.54, 1.807) is 37.5 Å². The lowest BCUT2D eigenvalue weighted by Gasteiger charge is -2.21. The van der Waals surface area contributed by atoms with Gasteiger partial charge in [0, 0.05) is 22.6 Å². The van der Waals surface area contributed by atoms with E-state index in [2.05, 4.69) is 31.0 Å². The third-order valence-corrected chi connectivity index (χ3v) is 7.30. The molecule has 1 aromatic heterocycles. The number of amides is 2. The van der Waals surface area contributed by atoms with Crippen molar-refractivity contribution in [3.05, 3.63) is 113 Å². The fourth-order valence-electron chi connectivity index (χ4n) is 3.67. The summed E-state index contributed by atoms with van der Waals surface area (Å²) in [5.41, 5.74) is 2.39. The van der Waals surface area contributed by atoms with Crippen LogP contribution >= 0.6 is 15.9 Å². The van der Waals surface area contributed by atoms with Gasteiger partial charge in [0.25, 0.3) is 10.0 Å². The lowest BCUT2D eigenvalue weighted by molar-refractivity contribution is 0.241. The van der Waals surface area contributed by atoms with Crippen LogP contribution in [0.15, 0.2) is 101 Å². The minimum absolute atomic E-state index is 0.0566. The molecule has 0 aliphatic rings. The van der Waals surface area contributed by atoms with Crippen molar-refractivity contribution in [2.45, 2.75) is 24.3 Å². The second-order valence-corrected chi connectivity index (χ2v) is 10.3. The summed E-state index contributed by atoms with van der Waals surface area (Å²) >= 11 is 3.44. The Balaban J connectivity index is 1.63. The van der Waals surface area contributed by atoms with Gasteiger partial charge in [-0.2, -0.15) is 0 Å². The number of nitrogens with zero attached hydrogens (tertiary/aromatic N) is 2. The molecule has 0 fully saturated rings. The number of hydrogen-bond donors (Lipinski definition) is 2. The molecule has 2 N–H and O–H groups in total. The molecule has 4 rings (SSSR count). The van der Waals surface area contributed by atoms with E-state index in [4.69, 9.17) is 0 Å². The highest BCUT2D eigenvalue weighted by molar-refractivity contribution is 9.10. The van der Waals surface area contributed by atoms with Gasteiger partial charge in [-0.15, -0.1) is 0 Å². The average molecular weight is 539 g/mol. The number of imidazole rings is 1. The minimum atomic E-state index is -4.04. The van der Waals surface area contributed by atoms with Crippen LogP contribution in [-0.4, -0.2) is 24.0 Å². The van der Waals surface area contributed by atoms with Crippen molar-refractivity contribution in [2.75, 3.05) is 0 Å². The number of aromatic nitrogens is 2. The first-order valence-corrected chi connectivity index (χ1v) is 12.8. The smallest absolute Gasteiger partial charge is 0.327 e. The lowest BCUT2D eigenvalue weighted by atomic mass is 10.1. The van der Waals surface area contributed by atoms with Crippen LogP contribution in [-0.2, 0) is 16.4 Å². The molecule has 2 amide bonds. The molecule has 0 saturated heterocycles. The van der Waals surface area contributed by atoms with E-state index in [9.17, 15) is 13.2 Å². The number of benzene rings is 3. The van der Waals surface area contributed by atoms with E-state index in [0.717, 1.165) is 15.7 Å². The SMILES string of the molecule is Cc1ccccc1S(=O)(=O)NC(=O)N[C@@H](Cc1ccccc1)c1nccn1-c1ccc(Br)cc1. The van der Waals surface area contributed by atoms with Crippen molar-refractivity contribution in [3.63, 3.8) is 0 Å². The van der Waals surface area contributed by atoms with Crippen LogP contribution in [0.3, 0.4) is 0 Å². The Hall–Kier alpha value is -3.43. The van der Waals surface area contributed by atoms with Crippen LogP contribution in [0.1, 0.15) is 23.0 Å². The highest BCUT2D eigenvalue weighted by atomic mass is 79.9. The maximum atomic E-state index is 12.9. The van der Waals surface area contributed by atoms with E-state index in [-0.39, 0.29) is 4.90 Å². The number of aryl methyl sites for hydroxylation is 1. The number of halogens is 1. The average Bonchev–Trinajstić information content (AvgIpc) is 3.29. The maximum absolute atomic E-state index is 12.9. The number of carbonyl (C=O) groups excluding carboxylic acids is 1. The van der Waals surface area contributed by atoms with Gasteiger partial charge in [0.15, 0.2) is 0 Å². The molecule has 0 aliphatic heterocycles. The molecule has 0 unspecified atom stereocenters. The summed E-state index contributed by atoms with van der Waals surface area (Å²) in [6.45, 7) is 1.68. The minimum Gasteiger partial charge on any atom is -0.327 e. The first-order chi connectivity index (χ1) is 16.3. The molecule has 1 heterocycles. The van der Waals surface area contributed by atoms with Crippen molar-refractivity contribution in [1.82, 2.24) is 19.6 Å². The van der Waals surface area contributed by atoms with E-state index < -0.39 is 22.1 Å². The first-order valence-electron chi connectivity index (χ1n) is 10.6. The predicted molar refractivity (Wildman–Crippen MR) is 134 cm³/mol. The van der Waals surface area contributed by atoms with Gasteiger partial charge in [0.1, 0.15) is 5.82 Å². The third kappa shape index (κ3) is 5.55. The van der Waals surface area contributed by atoms with Gasteiger partial charge in [0.2, 0.25) is 0 Å². The van der Waals surface area contributed by atoms with E-state index in [1.807, 2.05) is 59.2 Å². The third-order valence-electron chi connectivity index (χ3n) is 5.28. The normalized spacial score (nSPS) is 12.2. The van der Waals surface area contributed by atoms with Gasteiger partial charge in [-0.1, -0.05) is 64.5 Å². The summed E-state index contributed by atoms with van der Waals surface area (Å²) in [7, 11) is -4.04. The molecule has 1 atom stereocenters. The largest absolute Gasteiger partial charge is 0.329 e. The second kappa shape index (κ2) is 10.2. The van der Waals surface area contributed by atoms with Crippen molar-refractivity contribution >= 4 is 32.0 Å². The summed E-state index contributed by atoms with van der Waals surface area (Å²) in [5.74, 6) is 0.578. The van der Waals surface area contributed by atoms with Gasteiger partial charge >= 0.3 is 6.03 Å². The molecule has 4 aromatic rings. The van der Waals surface area contributed by atoms with Crippen LogP contribution in [0.4, 0.5) is 4.79 Å². The van der Waals surface area contributed by atoms with Crippen LogP contribution in [0.25, 0.3) is 5.69 Å². The van der Waals surface area contributed by atoms with Gasteiger partial charge in [-0.05, 0) is 54.8 Å². The van der Waals surface area contributed by atoms with Crippen LogP contribution < -0.4 is 10.0 Å². The molecular formula is C25H23BrN4O3S. The van der Waals surface area contributed by atoms with Crippen molar-refractivity contribution < 1.29 is 13.2 Å². The van der Waals surface area contributed by atoms with Crippen LogP contribution in [0, 0.1) is 6.92 Å². The Kier molecular flexibility index (Phi) is 7.14. The number of nitrogens with one attached hydrogen (secondary N) is 2. The van der Waals surface area contributed by atoms with Crippen molar-refractivity contribution in [2.24, 2.45) is 0 Å². The topological polar surface area (TPSA) is 93.1 Å². The van der Waals surface area contributed by atoms with Crippen LogP contribution in [0.5, 0.6) is 0 Å². The van der Waals surface area contributed by atoms with Crippen molar-refractivity contribution in [3.8, 4) is 5.69 Å². The summed E-state index contributed by atoms with van der Waals surface area (Å²) in [6.07, 6.45) is 3.88. The standard InChI is InChI=1S/C25H23BrN4O3S/c1-18-7-5-6-10-23(18)34(32,33)29-25(31)28-22(17-19-8-3-2-4-9-19)24-27-15-16-30(24)21-13-11-20(26)12-14-21/h2-16,22H,17H2,1H3,(H2,28,29,31)/t22-/m0/s1.